The summed E-state index contributed by atoms with van der Waals surface area (Å²) < 4.78 is 27.8. The monoisotopic (exact) mass is 389 g/mol. The highest BCUT2D eigenvalue weighted by molar-refractivity contribution is 7.89. The molecule has 1 amide bonds. The Morgan fingerprint density at radius 2 is 1.81 bits per heavy atom. The van der Waals surface area contributed by atoms with Gasteiger partial charge in [0.25, 0.3) is 5.91 Å². The van der Waals surface area contributed by atoms with Crippen LogP contribution in [0.2, 0.25) is 0 Å². The van der Waals surface area contributed by atoms with E-state index in [1.54, 1.807) is 18.2 Å². The topological polar surface area (TPSA) is 82.3 Å². The molecule has 146 valence electrons. The van der Waals surface area contributed by atoms with Gasteiger partial charge in [0, 0.05) is 25.3 Å². The van der Waals surface area contributed by atoms with E-state index in [9.17, 15) is 13.2 Å². The van der Waals surface area contributed by atoms with Crippen molar-refractivity contribution in [1.82, 2.24) is 14.6 Å². The highest BCUT2D eigenvalue weighted by Crippen LogP contribution is 2.29. The maximum atomic E-state index is 13.1. The third kappa shape index (κ3) is 4.09. The maximum absolute atomic E-state index is 13.1. The van der Waals surface area contributed by atoms with Crippen molar-refractivity contribution >= 4 is 15.9 Å². The number of aromatic amines is 1. The summed E-state index contributed by atoms with van der Waals surface area (Å²) in [5, 5.41) is 2.85. The molecule has 0 aliphatic carbocycles. The second kappa shape index (κ2) is 7.86. The molecule has 1 aliphatic rings. The Kier molecular flexibility index (Phi) is 5.72. The van der Waals surface area contributed by atoms with E-state index in [1.807, 2.05) is 30.3 Å². The minimum Gasteiger partial charge on any atom is -0.353 e. The summed E-state index contributed by atoms with van der Waals surface area (Å²) in [5.41, 5.74) is 2.29. The molecule has 1 aromatic heterocycles. The predicted octanol–water partition coefficient (Wildman–Crippen LogP) is 2.98. The van der Waals surface area contributed by atoms with Crippen molar-refractivity contribution in [3.8, 4) is 0 Å². The van der Waals surface area contributed by atoms with E-state index in [0.717, 1.165) is 18.4 Å². The number of sulfonamides is 1. The van der Waals surface area contributed by atoms with Gasteiger partial charge in [0.1, 0.15) is 10.6 Å². The Balaban J connectivity index is 1.80. The summed E-state index contributed by atoms with van der Waals surface area (Å²) in [7, 11) is -3.60. The Labute approximate surface area is 161 Å². The van der Waals surface area contributed by atoms with Crippen molar-refractivity contribution in [2.24, 2.45) is 5.92 Å². The van der Waals surface area contributed by atoms with Crippen LogP contribution in [0, 0.1) is 19.8 Å². The normalized spacial score (nSPS) is 16.4. The van der Waals surface area contributed by atoms with E-state index >= 15 is 0 Å². The van der Waals surface area contributed by atoms with Crippen molar-refractivity contribution < 1.29 is 13.2 Å². The van der Waals surface area contributed by atoms with Crippen molar-refractivity contribution in [1.29, 1.82) is 0 Å². The van der Waals surface area contributed by atoms with Crippen molar-refractivity contribution in [2.75, 3.05) is 13.1 Å². The quantitative estimate of drug-likeness (QED) is 0.825. The molecule has 0 bridgehead atoms. The number of benzene rings is 1. The molecule has 7 heteroatoms. The Bertz CT molecular complexity index is 911. The molecule has 1 saturated heterocycles. The average Bonchev–Trinajstić information content (AvgIpc) is 2.96. The molecule has 27 heavy (non-hydrogen) atoms. The van der Waals surface area contributed by atoms with Crippen molar-refractivity contribution in [2.45, 2.75) is 45.1 Å². The number of rotatable bonds is 5. The standard InChI is InChI=1S/C20H27N3O3S/c1-14-9-11-23(12-10-14)27(25,26)19-15(2)18(22-16(19)3)20(24)21-13-17-7-5-4-6-8-17/h4-8,14,22H,9-13H2,1-3H3,(H,21,24). The molecule has 0 unspecified atom stereocenters. The maximum Gasteiger partial charge on any atom is 0.268 e. The largest absolute Gasteiger partial charge is 0.353 e. The van der Waals surface area contributed by atoms with Gasteiger partial charge in [-0.25, -0.2) is 8.42 Å². The molecule has 2 heterocycles. The van der Waals surface area contributed by atoms with Crippen LogP contribution in [0.15, 0.2) is 35.2 Å². The van der Waals surface area contributed by atoms with Gasteiger partial charge in [0.05, 0.1) is 0 Å². The number of aromatic nitrogens is 1. The lowest BCUT2D eigenvalue weighted by atomic mass is 10.0. The molecule has 3 rings (SSSR count). The van der Waals surface area contributed by atoms with Crippen LogP contribution in [0.1, 0.15) is 47.1 Å². The van der Waals surface area contributed by atoms with Gasteiger partial charge in [-0.05, 0) is 43.7 Å². The zero-order valence-electron chi connectivity index (χ0n) is 16.1. The number of H-pyrrole nitrogens is 1. The number of nitrogens with zero attached hydrogens (tertiary/aromatic N) is 1. The molecular weight excluding hydrogens is 362 g/mol. The molecule has 1 fully saturated rings. The number of carbonyl (C=O) groups is 1. The van der Waals surface area contributed by atoms with Gasteiger partial charge >= 0.3 is 0 Å². The summed E-state index contributed by atoms with van der Waals surface area (Å²) in [4.78, 5) is 15.8. The molecule has 0 spiro atoms. The number of amides is 1. The van der Waals surface area contributed by atoms with E-state index in [-0.39, 0.29) is 10.8 Å². The van der Waals surface area contributed by atoms with Crippen LogP contribution in [0.25, 0.3) is 0 Å². The van der Waals surface area contributed by atoms with Gasteiger partial charge < -0.3 is 10.3 Å². The van der Waals surface area contributed by atoms with Crippen LogP contribution in [0.3, 0.4) is 0 Å². The number of carbonyl (C=O) groups excluding carboxylic acids is 1. The molecule has 2 N–H and O–H groups in total. The molecular formula is C20H27N3O3S. The molecule has 1 aliphatic heterocycles. The van der Waals surface area contributed by atoms with E-state index in [4.69, 9.17) is 0 Å². The van der Waals surface area contributed by atoms with Crippen molar-refractivity contribution in [3.05, 3.63) is 52.8 Å². The zero-order chi connectivity index (χ0) is 19.6. The summed E-state index contributed by atoms with van der Waals surface area (Å²) in [6, 6.07) is 9.61. The first kappa shape index (κ1) is 19.6. The number of aryl methyl sites for hydroxylation is 1. The second-order valence-electron chi connectivity index (χ2n) is 7.33. The summed E-state index contributed by atoms with van der Waals surface area (Å²) in [5.74, 6) is 0.248. The van der Waals surface area contributed by atoms with E-state index in [0.29, 0.717) is 42.5 Å². The Morgan fingerprint density at radius 1 is 1.19 bits per heavy atom. The number of nitrogens with one attached hydrogen (secondary N) is 2. The lowest BCUT2D eigenvalue weighted by Gasteiger charge is -2.29. The summed E-state index contributed by atoms with van der Waals surface area (Å²) >= 11 is 0. The van der Waals surface area contributed by atoms with E-state index < -0.39 is 10.0 Å². The first-order chi connectivity index (χ1) is 12.8. The third-order valence-electron chi connectivity index (χ3n) is 5.23. The average molecular weight is 390 g/mol. The zero-order valence-corrected chi connectivity index (χ0v) is 16.9. The van der Waals surface area contributed by atoms with Crippen LogP contribution >= 0.6 is 0 Å². The molecule has 6 nitrogen and oxygen atoms in total. The van der Waals surface area contributed by atoms with Gasteiger partial charge in [0.2, 0.25) is 10.0 Å². The lowest BCUT2D eigenvalue weighted by molar-refractivity contribution is 0.0945. The lowest BCUT2D eigenvalue weighted by Crippen LogP contribution is -2.38. The summed E-state index contributed by atoms with van der Waals surface area (Å²) in [6.07, 6.45) is 1.73. The SMILES string of the molecule is Cc1[nH]c(C(=O)NCc2ccccc2)c(C)c1S(=O)(=O)N1CCC(C)CC1. The van der Waals surface area contributed by atoms with Crippen LogP contribution in [-0.4, -0.2) is 36.7 Å². The van der Waals surface area contributed by atoms with Crippen LogP contribution < -0.4 is 5.32 Å². The number of hydrogen-bond donors (Lipinski definition) is 2. The Morgan fingerprint density at radius 3 is 2.44 bits per heavy atom. The van der Waals surface area contributed by atoms with E-state index in [2.05, 4.69) is 17.2 Å². The van der Waals surface area contributed by atoms with Gasteiger partial charge in [0.15, 0.2) is 0 Å². The van der Waals surface area contributed by atoms with Crippen molar-refractivity contribution in [3.63, 3.8) is 0 Å². The van der Waals surface area contributed by atoms with Crippen LogP contribution in [0.4, 0.5) is 0 Å². The van der Waals surface area contributed by atoms with Gasteiger partial charge in [-0.15, -0.1) is 0 Å². The third-order valence-corrected chi connectivity index (χ3v) is 7.41. The Hall–Kier alpha value is -2.12. The first-order valence-corrected chi connectivity index (χ1v) is 10.8. The van der Waals surface area contributed by atoms with Gasteiger partial charge in [-0.3, -0.25) is 4.79 Å². The molecule has 0 saturated carbocycles. The smallest absolute Gasteiger partial charge is 0.268 e. The van der Waals surface area contributed by atoms with E-state index in [1.165, 1.54) is 0 Å². The molecule has 2 aromatic rings. The van der Waals surface area contributed by atoms with Crippen LogP contribution in [-0.2, 0) is 16.6 Å². The minimum atomic E-state index is -3.60. The minimum absolute atomic E-state index is 0.238. The first-order valence-electron chi connectivity index (χ1n) is 9.32. The highest BCUT2D eigenvalue weighted by atomic mass is 32.2. The summed E-state index contributed by atoms with van der Waals surface area (Å²) in [6.45, 7) is 7.00. The van der Waals surface area contributed by atoms with Crippen LogP contribution in [0.5, 0.6) is 0 Å². The molecule has 0 radical (unpaired) electrons. The fraction of sp³-hybridized carbons (Fsp3) is 0.450. The number of hydrogen-bond acceptors (Lipinski definition) is 3. The highest BCUT2D eigenvalue weighted by Gasteiger charge is 2.33. The molecule has 0 atom stereocenters. The van der Waals surface area contributed by atoms with Gasteiger partial charge in [-0.1, -0.05) is 37.3 Å². The predicted molar refractivity (Wildman–Crippen MR) is 105 cm³/mol. The van der Waals surface area contributed by atoms with Gasteiger partial charge in [-0.2, -0.15) is 4.31 Å². The fourth-order valence-electron chi connectivity index (χ4n) is 3.57. The molecule has 1 aromatic carbocycles. The second-order valence-corrected chi connectivity index (χ2v) is 9.21. The fourth-order valence-corrected chi connectivity index (χ4v) is 5.44. The number of piperidine rings is 1.